The second-order valence-corrected chi connectivity index (χ2v) is 5.33. The third-order valence-corrected chi connectivity index (χ3v) is 3.75. The molecule has 0 radical (unpaired) electrons. The van der Waals surface area contributed by atoms with Crippen LogP contribution in [-0.2, 0) is 0 Å². The van der Waals surface area contributed by atoms with Gasteiger partial charge in [0, 0.05) is 19.0 Å². The first-order valence-corrected chi connectivity index (χ1v) is 7.87. The average Bonchev–Trinajstić information content (AvgIpc) is 2.61. The number of nitrogens with one attached hydrogen (secondary N) is 2. The number of hydrogen-bond donors (Lipinski definition) is 3. The molecule has 1 unspecified atom stereocenters. The molecular weight excluding hydrogens is 290 g/mol. The van der Waals surface area contributed by atoms with Crippen molar-refractivity contribution in [3.05, 3.63) is 66.0 Å². The Morgan fingerprint density at radius 2 is 1.65 bits per heavy atom. The van der Waals surface area contributed by atoms with Gasteiger partial charge in [-0.2, -0.15) is 0 Å². The lowest BCUT2D eigenvalue weighted by molar-refractivity contribution is 0.225. The topological polar surface area (TPSA) is 74.2 Å². The van der Waals surface area contributed by atoms with Gasteiger partial charge in [-0.1, -0.05) is 37.3 Å². The van der Waals surface area contributed by atoms with Crippen molar-refractivity contribution in [2.75, 3.05) is 6.61 Å². The molecule has 5 heteroatoms. The van der Waals surface area contributed by atoms with E-state index in [1.165, 1.54) is 0 Å². The lowest BCUT2D eigenvalue weighted by Crippen LogP contribution is -2.40. The minimum Gasteiger partial charge on any atom is -0.396 e. The van der Waals surface area contributed by atoms with Crippen molar-refractivity contribution in [1.29, 1.82) is 0 Å². The van der Waals surface area contributed by atoms with E-state index in [2.05, 4.69) is 15.6 Å². The van der Waals surface area contributed by atoms with Crippen LogP contribution in [0.15, 0.2) is 54.9 Å². The van der Waals surface area contributed by atoms with Gasteiger partial charge in [0.2, 0.25) is 0 Å². The molecule has 0 aliphatic heterocycles. The lowest BCUT2D eigenvalue weighted by Gasteiger charge is -2.22. The highest BCUT2D eigenvalue weighted by atomic mass is 16.3. The summed E-state index contributed by atoms with van der Waals surface area (Å²) >= 11 is 0. The molecule has 122 valence electrons. The zero-order chi connectivity index (χ0) is 16.5. The average molecular weight is 313 g/mol. The van der Waals surface area contributed by atoms with Crippen molar-refractivity contribution in [2.45, 2.75) is 31.8 Å². The monoisotopic (exact) mass is 313 g/mol. The molecule has 1 aromatic heterocycles. The summed E-state index contributed by atoms with van der Waals surface area (Å²) < 4.78 is 0. The van der Waals surface area contributed by atoms with Crippen LogP contribution in [-0.4, -0.2) is 22.7 Å². The molecule has 2 amide bonds. The first-order valence-electron chi connectivity index (χ1n) is 7.87. The molecule has 0 aliphatic carbocycles. The molecule has 2 rings (SSSR count). The number of aliphatic hydroxyl groups is 1. The number of hydrogen-bond acceptors (Lipinski definition) is 3. The van der Waals surface area contributed by atoms with E-state index in [4.69, 9.17) is 0 Å². The Labute approximate surface area is 136 Å². The van der Waals surface area contributed by atoms with E-state index in [-0.39, 0.29) is 24.7 Å². The van der Waals surface area contributed by atoms with Gasteiger partial charge >= 0.3 is 6.03 Å². The van der Waals surface area contributed by atoms with Crippen LogP contribution in [0.1, 0.15) is 43.0 Å². The fourth-order valence-corrected chi connectivity index (χ4v) is 2.51. The van der Waals surface area contributed by atoms with Crippen LogP contribution in [0.3, 0.4) is 0 Å². The SMILES string of the molecule is CCC(NC(=O)N[C@H](CCO)c1ccccc1)c1ccncc1. The lowest BCUT2D eigenvalue weighted by atomic mass is 10.0. The Morgan fingerprint density at radius 1 is 1.04 bits per heavy atom. The number of carbonyl (C=O) groups is 1. The minimum atomic E-state index is -0.240. The highest BCUT2D eigenvalue weighted by molar-refractivity contribution is 5.75. The van der Waals surface area contributed by atoms with Crippen LogP contribution >= 0.6 is 0 Å². The van der Waals surface area contributed by atoms with E-state index >= 15 is 0 Å². The Hall–Kier alpha value is -2.40. The number of pyridine rings is 1. The maximum absolute atomic E-state index is 12.3. The molecule has 23 heavy (non-hydrogen) atoms. The standard InChI is InChI=1S/C18H23N3O2/c1-2-16(15-8-11-19-12-9-15)20-18(23)21-17(10-13-22)14-6-4-3-5-7-14/h3-9,11-12,16-17,22H,2,10,13H2,1H3,(H2,20,21,23)/t16?,17-/m1/s1. The number of rotatable bonds is 7. The Bertz CT molecular complexity index is 590. The maximum atomic E-state index is 12.3. The van der Waals surface area contributed by atoms with E-state index in [0.717, 1.165) is 17.5 Å². The molecular formula is C18H23N3O2. The summed E-state index contributed by atoms with van der Waals surface area (Å²) in [5.41, 5.74) is 2.00. The highest BCUT2D eigenvalue weighted by Crippen LogP contribution is 2.18. The van der Waals surface area contributed by atoms with Crippen molar-refractivity contribution >= 4 is 6.03 Å². The summed E-state index contributed by atoms with van der Waals surface area (Å²) in [4.78, 5) is 16.3. The van der Waals surface area contributed by atoms with E-state index in [1.54, 1.807) is 12.4 Å². The number of aromatic nitrogens is 1. The van der Waals surface area contributed by atoms with Crippen molar-refractivity contribution in [2.24, 2.45) is 0 Å². The van der Waals surface area contributed by atoms with E-state index in [1.807, 2.05) is 49.4 Å². The number of nitrogens with zero attached hydrogens (tertiary/aromatic N) is 1. The first kappa shape index (κ1) is 17.0. The van der Waals surface area contributed by atoms with Crippen molar-refractivity contribution in [1.82, 2.24) is 15.6 Å². The normalized spacial score (nSPS) is 13.1. The fourth-order valence-electron chi connectivity index (χ4n) is 2.51. The molecule has 0 bridgehead atoms. The largest absolute Gasteiger partial charge is 0.396 e. The number of benzene rings is 1. The molecule has 1 heterocycles. The van der Waals surface area contributed by atoms with E-state index in [0.29, 0.717) is 6.42 Å². The molecule has 0 saturated heterocycles. The summed E-state index contributed by atoms with van der Waals surface area (Å²) in [6.45, 7) is 2.04. The van der Waals surface area contributed by atoms with Crippen LogP contribution in [0.2, 0.25) is 0 Å². The van der Waals surface area contributed by atoms with Gasteiger partial charge in [-0.25, -0.2) is 4.79 Å². The smallest absolute Gasteiger partial charge is 0.315 e. The van der Waals surface area contributed by atoms with Gasteiger partial charge in [-0.05, 0) is 36.1 Å². The number of carbonyl (C=O) groups excluding carboxylic acids is 1. The van der Waals surface area contributed by atoms with Gasteiger partial charge < -0.3 is 15.7 Å². The zero-order valence-electron chi connectivity index (χ0n) is 13.3. The van der Waals surface area contributed by atoms with Gasteiger partial charge in [0.05, 0.1) is 12.1 Å². The van der Waals surface area contributed by atoms with Crippen molar-refractivity contribution in [3.8, 4) is 0 Å². The second-order valence-electron chi connectivity index (χ2n) is 5.33. The zero-order valence-corrected chi connectivity index (χ0v) is 13.3. The van der Waals surface area contributed by atoms with Crippen molar-refractivity contribution in [3.63, 3.8) is 0 Å². The summed E-state index contributed by atoms with van der Waals surface area (Å²) in [5, 5.41) is 15.2. The maximum Gasteiger partial charge on any atom is 0.315 e. The first-order chi connectivity index (χ1) is 11.2. The van der Waals surface area contributed by atoms with Crippen LogP contribution < -0.4 is 10.6 Å². The van der Waals surface area contributed by atoms with Crippen LogP contribution in [0.25, 0.3) is 0 Å². The molecule has 2 aromatic rings. The third kappa shape index (κ3) is 5.07. The molecule has 0 aliphatic rings. The molecule has 3 N–H and O–H groups in total. The predicted octanol–water partition coefficient (Wildman–Crippen LogP) is 2.96. The molecule has 5 nitrogen and oxygen atoms in total. The van der Waals surface area contributed by atoms with Gasteiger partial charge in [-0.3, -0.25) is 4.98 Å². The van der Waals surface area contributed by atoms with Crippen LogP contribution in [0, 0.1) is 0 Å². The Morgan fingerprint density at radius 3 is 2.26 bits per heavy atom. The highest BCUT2D eigenvalue weighted by Gasteiger charge is 2.17. The van der Waals surface area contributed by atoms with E-state index < -0.39 is 0 Å². The van der Waals surface area contributed by atoms with Gasteiger partial charge in [-0.15, -0.1) is 0 Å². The van der Waals surface area contributed by atoms with Crippen LogP contribution in [0.4, 0.5) is 4.79 Å². The summed E-state index contributed by atoms with van der Waals surface area (Å²) in [5.74, 6) is 0. The van der Waals surface area contributed by atoms with Crippen LogP contribution in [0.5, 0.6) is 0 Å². The fraction of sp³-hybridized carbons (Fsp3) is 0.333. The number of aliphatic hydroxyl groups excluding tert-OH is 1. The van der Waals surface area contributed by atoms with Gasteiger partial charge in [0.15, 0.2) is 0 Å². The molecule has 2 atom stereocenters. The molecule has 0 spiro atoms. The molecule has 1 aromatic carbocycles. The van der Waals surface area contributed by atoms with Gasteiger partial charge in [0.25, 0.3) is 0 Å². The summed E-state index contributed by atoms with van der Waals surface area (Å²) in [7, 11) is 0. The Balaban J connectivity index is 2.01. The number of urea groups is 1. The minimum absolute atomic E-state index is 0.0153. The summed E-state index contributed by atoms with van der Waals surface area (Å²) in [6, 6.07) is 12.9. The second kappa shape index (κ2) is 8.90. The predicted molar refractivity (Wildman–Crippen MR) is 89.8 cm³/mol. The van der Waals surface area contributed by atoms with Gasteiger partial charge in [0.1, 0.15) is 0 Å². The van der Waals surface area contributed by atoms with E-state index in [9.17, 15) is 9.90 Å². The third-order valence-electron chi connectivity index (χ3n) is 3.75. The molecule has 0 fully saturated rings. The van der Waals surface area contributed by atoms with Crippen molar-refractivity contribution < 1.29 is 9.90 Å². The molecule has 0 saturated carbocycles. The number of amides is 2. The Kier molecular flexibility index (Phi) is 6.56. The quantitative estimate of drug-likeness (QED) is 0.735. The summed E-state index contributed by atoms with van der Waals surface area (Å²) in [6.07, 6.45) is 4.70.